The van der Waals surface area contributed by atoms with Gasteiger partial charge in [-0.25, -0.2) is 0 Å². The van der Waals surface area contributed by atoms with Crippen LogP contribution in [0.2, 0.25) is 0 Å². The number of carbonyl (C=O) groups is 1. The molecule has 4 nitrogen and oxygen atoms in total. The van der Waals surface area contributed by atoms with Crippen LogP contribution in [-0.4, -0.2) is 35.7 Å². The van der Waals surface area contributed by atoms with E-state index in [1.807, 2.05) is 26.0 Å². The van der Waals surface area contributed by atoms with Gasteiger partial charge in [0.05, 0.1) is 11.2 Å². The lowest BCUT2D eigenvalue weighted by Gasteiger charge is -2.16. The highest BCUT2D eigenvalue weighted by Crippen LogP contribution is 2.55. The van der Waals surface area contributed by atoms with E-state index in [0.717, 1.165) is 18.3 Å². The van der Waals surface area contributed by atoms with Gasteiger partial charge in [0.1, 0.15) is 0 Å². The van der Waals surface area contributed by atoms with Crippen molar-refractivity contribution in [2.45, 2.75) is 64.7 Å². The van der Waals surface area contributed by atoms with Crippen LogP contribution in [0.25, 0.3) is 0 Å². The first-order valence-electron chi connectivity index (χ1n) is 8.40. The molecule has 0 aromatic heterocycles. The summed E-state index contributed by atoms with van der Waals surface area (Å²) in [6.45, 7) is 9.80. The molecule has 0 heterocycles. The van der Waals surface area contributed by atoms with Gasteiger partial charge in [0.2, 0.25) is 0 Å². The minimum absolute atomic E-state index is 0.0446. The molecule has 1 fully saturated rings. The summed E-state index contributed by atoms with van der Waals surface area (Å²) < 4.78 is 5.78. The Morgan fingerprint density at radius 2 is 1.83 bits per heavy atom. The van der Waals surface area contributed by atoms with Crippen molar-refractivity contribution >= 4 is 18.9 Å². The Morgan fingerprint density at radius 3 is 2.26 bits per heavy atom. The molecule has 0 saturated heterocycles. The van der Waals surface area contributed by atoms with E-state index in [2.05, 4.69) is 19.2 Å². The lowest BCUT2D eigenvalue weighted by molar-refractivity contribution is 0.0637. The Balaban J connectivity index is 1.91. The Morgan fingerprint density at radius 1 is 1.30 bits per heavy atom. The summed E-state index contributed by atoms with van der Waals surface area (Å²) in [7, 11) is 1.65. The summed E-state index contributed by atoms with van der Waals surface area (Å²) in [6, 6.07) is 7.52. The van der Waals surface area contributed by atoms with Crippen molar-refractivity contribution < 1.29 is 14.6 Å². The quantitative estimate of drug-likeness (QED) is 0.757. The Kier molecular flexibility index (Phi) is 5.22. The molecular formula is C18H27BNO3. The van der Waals surface area contributed by atoms with E-state index in [4.69, 9.17) is 4.65 Å². The summed E-state index contributed by atoms with van der Waals surface area (Å²) in [6.07, 6.45) is 1.86. The molecule has 5 heteroatoms. The molecule has 125 valence electrons. The molecule has 3 unspecified atom stereocenters. The van der Waals surface area contributed by atoms with Crippen LogP contribution in [0.5, 0.6) is 0 Å². The Labute approximate surface area is 139 Å². The van der Waals surface area contributed by atoms with Crippen LogP contribution < -0.4 is 10.8 Å². The van der Waals surface area contributed by atoms with Crippen LogP contribution in [0, 0.1) is 5.92 Å². The molecular weight excluding hydrogens is 289 g/mol. The van der Waals surface area contributed by atoms with Gasteiger partial charge in [0.25, 0.3) is 5.91 Å². The SMILES string of the molecule is CCC(CC)NC(=O)c1ccc([B]OC2(C)C(C)C2(C)O)cc1. The van der Waals surface area contributed by atoms with E-state index in [1.54, 1.807) is 26.5 Å². The molecule has 0 spiro atoms. The highest BCUT2D eigenvalue weighted by Gasteiger charge is 2.69. The molecule has 2 rings (SSSR count). The average molecular weight is 316 g/mol. The van der Waals surface area contributed by atoms with E-state index in [0.29, 0.717) is 5.56 Å². The maximum Gasteiger partial charge on any atom is 0.330 e. The summed E-state index contributed by atoms with van der Waals surface area (Å²) >= 11 is 0. The van der Waals surface area contributed by atoms with Gasteiger partial charge in [0, 0.05) is 17.5 Å². The molecule has 23 heavy (non-hydrogen) atoms. The zero-order chi connectivity index (χ0) is 17.3. The number of nitrogens with one attached hydrogen (secondary N) is 1. The van der Waals surface area contributed by atoms with Crippen molar-refractivity contribution in [3.8, 4) is 0 Å². The van der Waals surface area contributed by atoms with Crippen molar-refractivity contribution in [1.29, 1.82) is 0 Å². The maximum atomic E-state index is 12.2. The van der Waals surface area contributed by atoms with Gasteiger partial charge in [-0.15, -0.1) is 0 Å². The van der Waals surface area contributed by atoms with Gasteiger partial charge < -0.3 is 15.1 Å². The molecule has 1 aromatic rings. The molecule has 1 aliphatic rings. The highest BCUT2D eigenvalue weighted by atomic mass is 16.5. The molecule has 1 radical (unpaired) electrons. The third-order valence-electron chi connectivity index (χ3n) is 5.52. The minimum atomic E-state index is -0.793. The average Bonchev–Trinajstić information content (AvgIpc) is 2.94. The number of amides is 1. The Bertz CT molecular complexity index is 554. The first kappa shape index (κ1) is 18.0. The van der Waals surface area contributed by atoms with Crippen molar-refractivity contribution in [3.05, 3.63) is 29.8 Å². The zero-order valence-corrected chi connectivity index (χ0v) is 14.7. The van der Waals surface area contributed by atoms with Crippen molar-refractivity contribution in [1.82, 2.24) is 5.32 Å². The molecule has 0 aliphatic heterocycles. The monoisotopic (exact) mass is 316 g/mol. The third kappa shape index (κ3) is 3.46. The third-order valence-corrected chi connectivity index (χ3v) is 5.52. The normalized spacial score (nSPS) is 29.4. The summed E-state index contributed by atoms with van der Waals surface area (Å²) in [5.41, 5.74) is 0.184. The lowest BCUT2D eigenvalue weighted by atomic mass is 9.86. The topological polar surface area (TPSA) is 58.6 Å². The predicted molar refractivity (Wildman–Crippen MR) is 92.9 cm³/mol. The van der Waals surface area contributed by atoms with Gasteiger partial charge in [-0.3, -0.25) is 4.79 Å². The van der Waals surface area contributed by atoms with Gasteiger partial charge in [0.15, 0.2) is 0 Å². The van der Waals surface area contributed by atoms with Crippen molar-refractivity contribution in [2.75, 3.05) is 0 Å². The highest BCUT2D eigenvalue weighted by molar-refractivity contribution is 6.47. The molecule has 1 saturated carbocycles. The zero-order valence-electron chi connectivity index (χ0n) is 14.7. The number of carbonyl (C=O) groups excluding carboxylic acids is 1. The van der Waals surface area contributed by atoms with Crippen LogP contribution >= 0.6 is 0 Å². The molecule has 3 atom stereocenters. The minimum Gasteiger partial charge on any atom is -0.426 e. The van der Waals surface area contributed by atoms with Gasteiger partial charge >= 0.3 is 7.48 Å². The first-order valence-corrected chi connectivity index (χ1v) is 8.40. The summed E-state index contributed by atoms with van der Waals surface area (Å²) in [5.74, 6) is 0.0493. The number of hydrogen-bond donors (Lipinski definition) is 2. The molecule has 0 bridgehead atoms. The van der Waals surface area contributed by atoms with E-state index in [-0.39, 0.29) is 17.9 Å². The van der Waals surface area contributed by atoms with Crippen LogP contribution in [0.3, 0.4) is 0 Å². The maximum absolute atomic E-state index is 12.2. The first-order chi connectivity index (χ1) is 10.8. The number of hydrogen-bond acceptors (Lipinski definition) is 3. The predicted octanol–water partition coefficient (Wildman–Crippen LogP) is 2.03. The molecule has 1 aliphatic carbocycles. The fraction of sp³-hybridized carbons (Fsp3) is 0.611. The fourth-order valence-corrected chi connectivity index (χ4v) is 2.88. The molecule has 2 N–H and O–H groups in total. The standard InChI is InChI=1S/C18H27BNO3/c1-6-15(7-2)20-16(21)13-8-10-14(11-9-13)19-23-18(5)12(3)17(18,4)22/h8-12,15,22H,6-7H2,1-5H3,(H,20,21). The van der Waals surface area contributed by atoms with Crippen molar-refractivity contribution in [3.63, 3.8) is 0 Å². The molecule has 1 amide bonds. The van der Waals surface area contributed by atoms with Crippen molar-refractivity contribution in [2.24, 2.45) is 5.92 Å². The van der Waals surface area contributed by atoms with Crippen LogP contribution in [0.1, 0.15) is 57.8 Å². The second-order valence-corrected chi connectivity index (χ2v) is 6.82. The van der Waals surface area contributed by atoms with Gasteiger partial charge in [-0.05, 0) is 38.8 Å². The van der Waals surface area contributed by atoms with E-state index >= 15 is 0 Å². The van der Waals surface area contributed by atoms with E-state index < -0.39 is 11.2 Å². The lowest BCUT2D eigenvalue weighted by Crippen LogP contribution is -2.34. The van der Waals surface area contributed by atoms with Crippen LogP contribution in [0.4, 0.5) is 0 Å². The second kappa shape index (κ2) is 6.66. The molecule has 1 aromatic carbocycles. The summed E-state index contributed by atoms with van der Waals surface area (Å²) in [4.78, 5) is 12.2. The smallest absolute Gasteiger partial charge is 0.330 e. The van der Waals surface area contributed by atoms with E-state index in [9.17, 15) is 9.90 Å². The van der Waals surface area contributed by atoms with Gasteiger partial charge in [-0.1, -0.05) is 38.4 Å². The summed E-state index contributed by atoms with van der Waals surface area (Å²) in [5, 5.41) is 13.2. The second-order valence-electron chi connectivity index (χ2n) is 6.82. The number of rotatable bonds is 7. The van der Waals surface area contributed by atoms with Gasteiger partial charge in [-0.2, -0.15) is 0 Å². The van der Waals surface area contributed by atoms with Crippen LogP contribution in [-0.2, 0) is 4.65 Å². The van der Waals surface area contributed by atoms with Crippen LogP contribution in [0.15, 0.2) is 24.3 Å². The number of aliphatic hydroxyl groups is 1. The number of benzene rings is 1. The Hall–Kier alpha value is -1.33. The van der Waals surface area contributed by atoms with E-state index in [1.165, 1.54) is 0 Å². The fourth-order valence-electron chi connectivity index (χ4n) is 2.88. The largest absolute Gasteiger partial charge is 0.426 e.